The number of anilines is 1. The molecule has 0 spiro atoms. The van der Waals surface area contributed by atoms with Gasteiger partial charge in [-0.1, -0.05) is 42.5 Å². The Morgan fingerprint density at radius 2 is 1.81 bits per heavy atom. The number of hydrogen-bond acceptors (Lipinski definition) is 4. The van der Waals surface area contributed by atoms with E-state index < -0.39 is 5.82 Å². The van der Waals surface area contributed by atoms with Crippen molar-refractivity contribution in [2.75, 3.05) is 12.0 Å². The normalized spacial score (nSPS) is 13.9. The highest BCUT2D eigenvalue weighted by Crippen LogP contribution is 2.25. The van der Waals surface area contributed by atoms with Gasteiger partial charge in [-0.25, -0.2) is 4.39 Å². The van der Waals surface area contributed by atoms with E-state index in [2.05, 4.69) is 15.2 Å². The van der Waals surface area contributed by atoms with Crippen LogP contribution in [-0.2, 0) is 13.1 Å². The fourth-order valence-electron chi connectivity index (χ4n) is 3.19. The number of nitrogens with zero attached hydrogens (tertiary/aromatic N) is 2. The van der Waals surface area contributed by atoms with Crippen LogP contribution in [0.1, 0.15) is 11.1 Å². The molecule has 3 aromatic rings. The van der Waals surface area contributed by atoms with Gasteiger partial charge in [0.15, 0.2) is 4.77 Å². The van der Waals surface area contributed by atoms with Crippen molar-refractivity contribution in [1.82, 2.24) is 14.5 Å². The number of hydrogen-bond donors (Lipinski definition) is 2. The van der Waals surface area contributed by atoms with Crippen molar-refractivity contribution in [3.05, 3.63) is 86.7 Å². The average Bonchev–Trinajstić information content (AvgIpc) is 2.64. The fourth-order valence-corrected chi connectivity index (χ4v) is 3.47. The zero-order valence-electron chi connectivity index (χ0n) is 13.9. The Bertz CT molecular complexity index is 1060. The summed E-state index contributed by atoms with van der Waals surface area (Å²) in [6.07, 6.45) is 0. The van der Waals surface area contributed by atoms with Crippen LogP contribution < -0.4 is 10.9 Å². The molecule has 0 fully saturated rings. The van der Waals surface area contributed by atoms with Crippen molar-refractivity contribution >= 4 is 18.0 Å². The number of aromatic nitrogens is 2. The zero-order valence-corrected chi connectivity index (χ0v) is 14.7. The maximum Gasteiger partial charge on any atom is 0.258 e. The Kier molecular flexibility index (Phi) is 4.40. The van der Waals surface area contributed by atoms with Crippen LogP contribution in [0, 0.1) is 10.6 Å². The topological polar surface area (TPSA) is 53.1 Å². The summed E-state index contributed by atoms with van der Waals surface area (Å²) in [5, 5.41) is 3.24. The maximum atomic E-state index is 14.3. The molecule has 2 aromatic carbocycles. The van der Waals surface area contributed by atoms with Gasteiger partial charge in [-0.3, -0.25) is 19.2 Å². The highest BCUT2D eigenvalue weighted by atomic mass is 32.1. The first-order valence-corrected chi connectivity index (χ1v) is 8.67. The maximum absolute atomic E-state index is 14.3. The lowest BCUT2D eigenvalue weighted by Crippen LogP contribution is -2.38. The lowest BCUT2D eigenvalue weighted by Gasteiger charge is -2.31. The minimum Gasteiger partial charge on any atom is -0.358 e. The number of halogens is 1. The lowest BCUT2D eigenvalue weighted by molar-refractivity contribution is 0.264. The predicted molar refractivity (Wildman–Crippen MR) is 101 cm³/mol. The van der Waals surface area contributed by atoms with Crippen LogP contribution in [0.25, 0.3) is 5.69 Å². The molecule has 0 amide bonds. The van der Waals surface area contributed by atoms with Gasteiger partial charge >= 0.3 is 0 Å². The third-order valence-corrected chi connectivity index (χ3v) is 4.69. The molecule has 0 saturated carbocycles. The van der Waals surface area contributed by atoms with Crippen LogP contribution in [0.5, 0.6) is 0 Å². The van der Waals surface area contributed by atoms with Crippen molar-refractivity contribution < 1.29 is 4.39 Å². The number of H-pyrrole nitrogens is 1. The molecule has 4 rings (SSSR count). The van der Waals surface area contributed by atoms with Crippen molar-refractivity contribution in [2.24, 2.45) is 0 Å². The molecule has 1 aliphatic rings. The Morgan fingerprint density at radius 3 is 2.58 bits per heavy atom. The van der Waals surface area contributed by atoms with Gasteiger partial charge in [0.2, 0.25) is 0 Å². The van der Waals surface area contributed by atoms with E-state index in [9.17, 15) is 9.18 Å². The highest BCUT2D eigenvalue weighted by Gasteiger charge is 2.23. The molecule has 0 bridgehead atoms. The van der Waals surface area contributed by atoms with Gasteiger partial charge < -0.3 is 5.32 Å². The van der Waals surface area contributed by atoms with E-state index in [1.165, 1.54) is 6.07 Å². The number of nitrogens with one attached hydrogen (secondary N) is 2. The van der Waals surface area contributed by atoms with E-state index >= 15 is 0 Å². The van der Waals surface area contributed by atoms with Crippen molar-refractivity contribution in [1.29, 1.82) is 0 Å². The monoisotopic (exact) mass is 368 g/mol. The molecule has 0 saturated heterocycles. The molecule has 26 heavy (non-hydrogen) atoms. The van der Waals surface area contributed by atoms with Crippen molar-refractivity contribution in [3.63, 3.8) is 0 Å². The van der Waals surface area contributed by atoms with E-state index in [4.69, 9.17) is 12.2 Å². The summed E-state index contributed by atoms with van der Waals surface area (Å²) in [6.45, 7) is 1.70. The molecule has 1 aliphatic heterocycles. The summed E-state index contributed by atoms with van der Waals surface area (Å²) < 4.78 is 16.0. The lowest BCUT2D eigenvalue weighted by atomic mass is 10.1. The van der Waals surface area contributed by atoms with Crippen LogP contribution in [0.2, 0.25) is 0 Å². The summed E-state index contributed by atoms with van der Waals surface area (Å²) >= 11 is 5.29. The van der Waals surface area contributed by atoms with Crippen LogP contribution in [0.4, 0.5) is 10.2 Å². The number of rotatable bonds is 3. The summed E-state index contributed by atoms with van der Waals surface area (Å²) in [5.41, 5.74) is 1.77. The van der Waals surface area contributed by atoms with Gasteiger partial charge in [-0.2, -0.15) is 0 Å². The van der Waals surface area contributed by atoms with E-state index in [0.29, 0.717) is 36.8 Å². The number of para-hydroxylation sites is 1. The van der Waals surface area contributed by atoms with Gasteiger partial charge in [0.25, 0.3) is 5.56 Å². The highest BCUT2D eigenvalue weighted by molar-refractivity contribution is 7.71. The molecule has 1 aromatic heterocycles. The molecule has 0 unspecified atom stereocenters. The Labute approximate surface area is 154 Å². The molecular weight excluding hydrogens is 351 g/mol. The van der Waals surface area contributed by atoms with E-state index in [-0.39, 0.29) is 10.3 Å². The van der Waals surface area contributed by atoms with E-state index in [0.717, 1.165) is 5.56 Å². The standard InChI is InChI=1S/C19H17FN4OS/c20-15-8-4-5-9-16(15)24-17-14(18(25)22-19(24)26)11-23(12-21-17)10-13-6-2-1-3-7-13/h1-9,21H,10-12H2,(H,22,25,26). The van der Waals surface area contributed by atoms with Gasteiger partial charge in [0.1, 0.15) is 11.6 Å². The Hall–Kier alpha value is -2.77. The first kappa shape index (κ1) is 16.7. The SMILES string of the molecule is O=c1[nH]c(=S)n(-c2ccccc2F)c2c1CN(Cc1ccccc1)CN2. The van der Waals surface area contributed by atoms with Crippen LogP contribution in [0.3, 0.4) is 0 Å². The third-order valence-electron chi connectivity index (χ3n) is 4.40. The molecule has 2 heterocycles. The summed E-state index contributed by atoms with van der Waals surface area (Å²) in [5.74, 6) is 0.152. The van der Waals surface area contributed by atoms with Crippen molar-refractivity contribution in [2.45, 2.75) is 13.1 Å². The van der Waals surface area contributed by atoms with Crippen LogP contribution in [-0.4, -0.2) is 21.1 Å². The second kappa shape index (κ2) is 6.86. The molecule has 132 valence electrons. The summed E-state index contributed by atoms with van der Waals surface area (Å²) in [6, 6.07) is 16.4. The summed E-state index contributed by atoms with van der Waals surface area (Å²) in [4.78, 5) is 17.2. The van der Waals surface area contributed by atoms with Gasteiger partial charge in [0, 0.05) is 13.1 Å². The fraction of sp³-hybridized carbons (Fsp3) is 0.158. The first-order chi connectivity index (χ1) is 12.6. The quantitative estimate of drug-likeness (QED) is 0.696. The third kappa shape index (κ3) is 3.07. The van der Waals surface area contributed by atoms with E-state index in [1.54, 1.807) is 22.8 Å². The molecule has 2 N–H and O–H groups in total. The minimum atomic E-state index is -0.397. The summed E-state index contributed by atoms with van der Waals surface area (Å²) in [7, 11) is 0. The van der Waals surface area contributed by atoms with Crippen LogP contribution in [0.15, 0.2) is 59.4 Å². The second-order valence-corrected chi connectivity index (χ2v) is 6.57. The smallest absolute Gasteiger partial charge is 0.258 e. The van der Waals surface area contributed by atoms with Crippen LogP contribution >= 0.6 is 12.2 Å². The Balaban J connectivity index is 1.74. The molecule has 0 atom stereocenters. The van der Waals surface area contributed by atoms with Gasteiger partial charge in [-0.05, 0) is 29.9 Å². The number of aromatic amines is 1. The zero-order chi connectivity index (χ0) is 18.1. The van der Waals surface area contributed by atoms with Gasteiger partial charge in [-0.15, -0.1) is 0 Å². The first-order valence-electron chi connectivity index (χ1n) is 8.27. The van der Waals surface area contributed by atoms with Gasteiger partial charge in [0.05, 0.1) is 17.9 Å². The molecular formula is C19H17FN4OS. The van der Waals surface area contributed by atoms with Crippen molar-refractivity contribution in [3.8, 4) is 5.69 Å². The second-order valence-electron chi connectivity index (χ2n) is 6.18. The predicted octanol–water partition coefficient (Wildman–Crippen LogP) is 3.42. The molecule has 0 radical (unpaired) electrons. The van der Waals surface area contributed by atoms with E-state index in [1.807, 2.05) is 30.3 Å². The average molecular weight is 368 g/mol. The molecule has 5 nitrogen and oxygen atoms in total. The molecule has 7 heteroatoms. The Morgan fingerprint density at radius 1 is 1.08 bits per heavy atom. The number of benzene rings is 2. The largest absolute Gasteiger partial charge is 0.358 e. The minimum absolute atomic E-state index is 0.169. The number of fused-ring (bicyclic) bond motifs is 1. The molecule has 0 aliphatic carbocycles.